The van der Waals surface area contributed by atoms with E-state index in [2.05, 4.69) is 9.73 Å². The van der Waals surface area contributed by atoms with Crippen LogP contribution in [-0.2, 0) is 19.1 Å². The number of aliphatic imine (C=N–C) groups is 1. The molecule has 0 saturated carbocycles. The Bertz CT molecular complexity index is 786. The topological polar surface area (TPSA) is 86.7 Å². The van der Waals surface area contributed by atoms with Gasteiger partial charge in [0.2, 0.25) is 0 Å². The molecular formula is C18H20N2O6S. The number of carbonyl (C=O) groups is 2. The Labute approximate surface area is 161 Å². The van der Waals surface area contributed by atoms with E-state index in [9.17, 15) is 9.59 Å². The van der Waals surface area contributed by atoms with Crippen LogP contribution >= 0.6 is 11.8 Å². The Morgan fingerprint density at radius 2 is 2.11 bits per heavy atom. The van der Waals surface area contributed by atoms with Crippen LogP contribution in [0.25, 0.3) is 6.08 Å². The van der Waals surface area contributed by atoms with Crippen LogP contribution in [-0.4, -0.2) is 69.1 Å². The summed E-state index contributed by atoms with van der Waals surface area (Å²) >= 11 is 1.32. The highest BCUT2D eigenvalue weighted by atomic mass is 32.2. The van der Waals surface area contributed by atoms with E-state index >= 15 is 0 Å². The van der Waals surface area contributed by atoms with Crippen LogP contribution < -0.4 is 9.47 Å². The summed E-state index contributed by atoms with van der Waals surface area (Å²) in [6.45, 7) is 2.39. The van der Waals surface area contributed by atoms with Gasteiger partial charge in [0.15, 0.2) is 23.3 Å². The van der Waals surface area contributed by atoms with Gasteiger partial charge in [-0.1, -0.05) is 12.1 Å². The van der Waals surface area contributed by atoms with Crippen LogP contribution in [0.4, 0.5) is 0 Å². The van der Waals surface area contributed by atoms with Crippen molar-refractivity contribution in [2.75, 3.05) is 47.1 Å². The van der Waals surface area contributed by atoms with Gasteiger partial charge in [0, 0.05) is 18.7 Å². The van der Waals surface area contributed by atoms with Crippen LogP contribution in [0.1, 0.15) is 5.56 Å². The second kappa shape index (κ2) is 8.92. The molecule has 0 radical (unpaired) electrons. The predicted molar refractivity (Wildman–Crippen MR) is 101 cm³/mol. The molecule has 144 valence electrons. The number of amidine groups is 1. The highest BCUT2D eigenvalue weighted by Gasteiger charge is 2.27. The van der Waals surface area contributed by atoms with E-state index in [1.165, 1.54) is 26.0 Å². The fourth-order valence-corrected chi connectivity index (χ4v) is 3.54. The molecule has 8 nitrogen and oxygen atoms in total. The lowest BCUT2D eigenvalue weighted by atomic mass is 10.1. The zero-order chi connectivity index (χ0) is 19.2. The summed E-state index contributed by atoms with van der Waals surface area (Å²) in [7, 11) is 2.79. The molecule has 0 aliphatic carbocycles. The minimum absolute atomic E-state index is 0.260. The molecule has 1 saturated heterocycles. The summed E-state index contributed by atoms with van der Waals surface area (Å²) in [6.07, 6.45) is 1.69. The van der Waals surface area contributed by atoms with E-state index in [0.29, 0.717) is 53.4 Å². The monoisotopic (exact) mass is 392 g/mol. The van der Waals surface area contributed by atoms with Crippen molar-refractivity contribution in [1.29, 1.82) is 0 Å². The van der Waals surface area contributed by atoms with Gasteiger partial charge in [-0.15, -0.1) is 0 Å². The fourth-order valence-electron chi connectivity index (χ4n) is 2.58. The lowest BCUT2D eigenvalue weighted by Gasteiger charge is -2.27. The molecule has 27 heavy (non-hydrogen) atoms. The van der Waals surface area contributed by atoms with Crippen molar-refractivity contribution in [3.63, 3.8) is 0 Å². The van der Waals surface area contributed by atoms with Crippen LogP contribution in [0.3, 0.4) is 0 Å². The first kappa shape index (κ1) is 19.2. The first-order chi connectivity index (χ1) is 13.1. The van der Waals surface area contributed by atoms with Gasteiger partial charge in [0.25, 0.3) is 5.91 Å². The maximum absolute atomic E-state index is 12.3. The van der Waals surface area contributed by atoms with Crippen LogP contribution in [0.2, 0.25) is 0 Å². The predicted octanol–water partition coefficient (Wildman–Crippen LogP) is 1.55. The molecule has 3 rings (SSSR count). The standard InChI is InChI=1S/C18H20N2O6S/c1-23-13-5-3-4-12(16(13)26-11-15(21)24-2)10-14-17(22)19-18(27-14)20-6-8-25-9-7-20/h3-5,10H,6-9,11H2,1-2H3/b14-10+. The van der Waals surface area contributed by atoms with E-state index in [-0.39, 0.29) is 12.5 Å². The first-order valence-corrected chi connectivity index (χ1v) is 9.16. The zero-order valence-electron chi connectivity index (χ0n) is 15.1. The maximum atomic E-state index is 12.3. The number of para-hydroxylation sites is 1. The number of morpholine rings is 1. The Kier molecular flexibility index (Phi) is 6.36. The fraction of sp³-hybridized carbons (Fsp3) is 0.389. The molecule has 1 amide bonds. The third kappa shape index (κ3) is 4.61. The lowest BCUT2D eigenvalue weighted by molar-refractivity contribution is -0.142. The molecule has 0 atom stereocenters. The van der Waals surface area contributed by atoms with E-state index in [1.54, 1.807) is 24.3 Å². The summed E-state index contributed by atoms with van der Waals surface area (Å²) in [5.74, 6) is 0.0103. The number of carbonyl (C=O) groups excluding carboxylic acids is 2. The van der Waals surface area contributed by atoms with Crippen LogP contribution in [0.5, 0.6) is 11.5 Å². The quantitative estimate of drug-likeness (QED) is 0.551. The van der Waals surface area contributed by atoms with Crippen molar-refractivity contribution >= 4 is 34.9 Å². The van der Waals surface area contributed by atoms with Crippen molar-refractivity contribution in [2.24, 2.45) is 4.99 Å². The Morgan fingerprint density at radius 1 is 1.33 bits per heavy atom. The summed E-state index contributed by atoms with van der Waals surface area (Å²) in [4.78, 5) is 30.4. The molecule has 1 aromatic carbocycles. The number of amides is 1. The minimum atomic E-state index is -0.510. The summed E-state index contributed by atoms with van der Waals surface area (Å²) in [5.41, 5.74) is 0.618. The highest BCUT2D eigenvalue weighted by molar-refractivity contribution is 8.18. The van der Waals surface area contributed by atoms with Crippen molar-refractivity contribution in [3.05, 3.63) is 28.7 Å². The number of nitrogens with zero attached hydrogens (tertiary/aromatic N) is 2. The average Bonchev–Trinajstić information content (AvgIpc) is 3.07. The van der Waals surface area contributed by atoms with Gasteiger partial charge >= 0.3 is 5.97 Å². The smallest absolute Gasteiger partial charge is 0.343 e. The van der Waals surface area contributed by atoms with Gasteiger partial charge in [-0.3, -0.25) is 4.79 Å². The summed E-state index contributed by atoms with van der Waals surface area (Å²) < 4.78 is 20.8. The van der Waals surface area contributed by atoms with Crippen LogP contribution in [0.15, 0.2) is 28.1 Å². The average molecular weight is 392 g/mol. The van der Waals surface area contributed by atoms with Crippen molar-refractivity contribution in [3.8, 4) is 11.5 Å². The molecule has 2 aliphatic rings. The SMILES string of the molecule is COC(=O)COc1c(/C=C2/SC(N3CCOCC3)=NC2=O)cccc1OC. The second-order valence-electron chi connectivity index (χ2n) is 5.65. The molecule has 2 aliphatic heterocycles. The number of methoxy groups -OCH3 is 2. The van der Waals surface area contributed by atoms with E-state index < -0.39 is 5.97 Å². The number of esters is 1. The number of benzene rings is 1. The van der Waals surface area contributed by atoms with Gasteiger partial charge in [-0.05, 0) is 23.9 Å². The normalized spacial score (nSPS) is 18.4. The van der Waals surface area contributed by atoms with E-state index in [0.717, 1.165) is 0 Å². The van der Waals surface area contributed by atoms with Gasteiger partial charge in [0.1, 0.15) is 0 Å². The number of hydrogen-bond donors (Lipinski definition) is 0. The molecular weight excluding hydrogens is 372 g/mol. The van der Waals surface area contributed by atoms with Crippen molar-refractivity contribution < 1.29 is 28.5 Å². The van der Waals surface area contributed by atoms with Crippen LogP contribution in [0, 0.1) is 0 Å². The van der Waals surface area contributed by atoms with Crippen molar-refractivity contribution in [1.82, 2.24) is 4.90 Å². The first-order valence-electron chi connectivity index (χ1n) is 8.34. The third-order valence-corrected chi connectivity index (χ3v) is 5.01. The lowest BCUT2D eigenvalue weighted by Crippen LogP contribution is -2.38. The second-order valence-corrected chi connectivity index (χ2v) is 6.66. The van der Waals surface area contributed by atoms with Gasteiger partial charge < -0.3 is 23.8 Å². The molecule has 1 aromatic rings. The summed E-state index contributed by atoms with van der Waals surface area (Å²) in [5, 5.41) is 0.675. The minimum Gasteiger partial charge on any atom is -0.493 e. The number of hydrogen-bond acceptors (Lipinski definition) is 8. The molecule has 0 N–H and O–H groups in total. The van der Waals surface area contributed by atoms with E-state index in [1.807, 2.05) is 4.90 Å². The zero-order valence-corrected chi connectivity index (χ0v) is 15.9. The molecule has 1 fully saturated rings. The van der Waals surface area contributed by atoms with Gasteiger partial charge in [-0.2, -0.15) is 4.99 Å². The summed E-state index contributed by atoms with van der Waals surface area (Å²) in [6, 6.07) is 5.28. The van der Waals surface area contributed by atoms with Crippen molar-refractivity contribution in [2.45, 2.75) is 0 Å². The Balaban J connectivity index is 1.82. The third-order valence-electron chi connectivity index (χ3n) is 3.97. The number of rotatable bonds is 5. The maximum Gasteiger partial charge on any atom is 0.343 e. The van der Waals surface area contributed by atoms with Gasteiger partial charge in [-0.25, -0.2) is 4.79 Å². The molecule has 0 aromatic heterocycles. The molecule has 0 unspecified atom stereocenters. The molecule has 2 heterocycles. The number of thioether (sulfide) groups is 1. The molecule has 9 heteroatoms. The largest absolute Gasteiger partial charge is 0.493 e. The highest BCUT2D eigenvalue weighted by Crippen LogP contribution is 2.36. The van der Waals surface area contributed by atoms with Gasteiger partial charge in [0.05, 0.1) is 32.3 Å². The molecule has 0 spiro atoms. The Morgan fingerprint density at radius 3 is 2.81 bits per heavy atom. The van der Waals surface area contributed by atoms with E-state index in [4.69, 9.17) is 14.2 Å². The number of ether oxygens (including phenoxy) is 4. The Hall–Kier alpha value is -2.52. The molecule has 0 bridgehead atoms.